The minimum Gasteiger partial charge on any atom is -0.520 e. The van der Waals surface area contributed by atoms with Gasteiger partial charge in [0, 0.05) is 0 Å². The van der Waals surface area contributed by atoms with Crippen molar-refractivity contribution in [1.82, 2.24) is 0 Å². The van der Waals surface area contributed by atoms with Gasteiger partial charge in [-0.15, -0.1) is 0 Å². The van der Waals surface area contributed by atoms with Crippen LogP contribution in [0.15, 0.2) is 42.9 Å². The maximum absolute atomic E-state index is 5.56. The van der Waals surface area contributed by atoms with Gasteiger partial charge in [-0.1, -0.05) is 18.2 Å². The van der Waals surface area contributed by atoms with Crippen LogP contribution in [-0.4, -0.2) is 8.32 Å². The van der Waals surface area contributed by atoms with E-state index in [1.54, 1.807) is 0 Å². The molecule has 0 saturated heterocycles. The van der Waals surface area contributed by atoms with Crippen molar-refractivity contribution in [3.63, 3.8) is 0 Å². The highest BCUT2D eigenvalue weighted by molar-refractivity contribution is 6.69. The van der Waals surface area contributed by atoms with Crippen molar-refractivity contribution >= 4 is 8.32 Å². The van der Waals surface area contributed by atoms with Crippen LogP contribution in [0.2, 0.25) is 19.6 Å². The number of benzene rings is 1. The third-order valence-electron chi connectivity index (χ3n) is 1.39. The van der Waals surface area contributed by atoms with Crippen molar-refractivity contribution in [3.8, 4) is 5.75 Å². The molecule has 76 valence electrons. The molecule has 0 radical (unpaired) electrons. The molecule has 3 heteroatoms. The highest BCUT2D eigenvalue weighted by Crippen LogP contribution is 2.15. The first-order chi connectivity index (χ1) is 6.47. The first-order valence-corrected chi connectivity index (χ1v) is 7.99. The standard InChI is InChI=1S/C11H16O2Si/c1-10(13-14(2,3)4)12-11-8-6-5-7-9-11/h5-9H,1H2,2-4H3. The number of hydrogen-bond donors (Lipinski definition) is 0. The van der Waals surface area contributed by atoms with Gasteiger partial charge in [-0.3, -0.25) is 0 Å². The average molecular weight is 208 g/mol. The predicted molar refractivity (Wildman–Crippen MR) is 60.6 cm³/mol. The van der Waals surface area contributed by atoms with E-state index in [9.17, 15) is 0 Å². The zero-order valence-electron chi connectivity index (χ0n) is 8.91. The molecular weight excluding hydrogens is 192 g/mol. The first-order valence-electron chi connectivity index (χ1n) is 4.58. The fourth-order valence-corrected chi connectivity index (χ4v) is 1.71. The quantitative estimate of drug-likeness (QED) is 0.558. The molecule has 2 nitrogen and oxygen atoms in total. The normalized spacial score (nSPS) is 10.8. The van der Waals surface area contributed by atoms with Crippen LogP contribution in [0.25, 0.3) is 0 Å². The van der Waals surface area contributed by atoms with Crippen molar-refractivity contribution in [2.45, 2.75) is 19.6 Å². The third kappa shape index (κ3) is 4.14. The Labute approximate surface area is 86.3 Å². The summed E-state index contributed by atoms with van der Waals surface area (Å²) in [4.78, 5) is 0. The Morgan fingerprint density at radius 3 is 2.21 bits per heavy atom. The third-order valence-corrected chi connectivity index (χ3v) is 2.23. The summed E-state index contributed by atoms with van der Waals surface area (Å²) in [5.74, 6) is 1.14. The molecular formula is C11H16O2Si. The molecule has 1 aromatic carbocycles. The van der Waals surface area contributed by atoms with E-state index in [0.717, 1.165) is 5.75 Å². The number of ether oxygens (including phenoxy) is 1. The molecule has 1 aromatic rings. The molecule has 0 atom stereocenters. The fourth-order valence-electron chi connectivity index (χ4n) is 0.982. The van der Waals surface area contributed by atoms with Crippen LogP contribution < -0.4 is 4.74 Å². The Morgan fingerprint density at radius 1 is 1.14 bits per heavy atom. The van der Waals surface area contributed by atoms with Gasteiger partial charge in [-0.25, -0.2) is 0 Å². The summed E-state index contributed by atoms with van der Waals surface area (Å²) in [6.07, 6.45) is 0. The van der Waals surface area contributed by atoms with E-state index in [1.807, 2.05) is 30.3 Å². The largest absolute Gasteiger partial charge is 0.520 e. The molecule has 0 spiro atoms. The second kappa shape index (κ2) is 4.33. The van der Waals surface area contributed by atoms with Gasteiger partial charge >= 0.3 is 0 Å². The van der Waals surface area contributed by atoms with Crippen molar-refractivity contribution in [2.24, 2.45) is 0 Å². The Bertz CT molecular complexity index is 301. The predicted octanol–water partition coefficient (Wildman–Crippen LogP) is 3.39. The van der Waals surface area contributed by atoms with Gasteiger partial charge in [-0.05, 0) is 38.4 Å². The van der Waals surface area contributed by atoms with Gasteiger partial charge in [0.05, 0.1) is 0 Å². The fraction of sp³-hybridized carbons (Fsp3) is 0.273. The maximum atomic E-state index is 5.56. The summed E-state index contributed by atoms with van der Waals surface area (Å²) in [6, 6.07) is 9.51. The van der Waals surface area contributed by atoms with Crippen LogP contribution >= 0.6 is 0 Å². The summed E-state index contributed by atoms with van der Waals surface area (Å²) in [7, 11) is -1.60. The van der Waals surface area contributed by atoms with E-state index in [4.69, 9.17) is 9.16 Å². The zero-order valence-corrected chi connectivity index (χ0v) is 9.91. The SMILES string of the molecule is C=C(Oc1ccccc1)O[Si](C)(C)C. The Kier molecular flexibility index (Phi) is 3.36. The summed E-state index contributed by atoms with van der Waals surface area (Å²) in [6.45, 7) is 10.00. The highest BCUT2D eigenvalue weighted by atomic mass is 28.4. The molecule has 0 saturated carbocycles. The van der Waals surface area contributed by atoms with Crippen molar-refractivity contribution < 1.29 is 9.16 Å². The molecule has 0 unspecified atom stereocenters. The molecule has 0 aliphatic rings. The monoisotopic (exact) mass is 208 g/mol. The minimum atomic E-state index is -1.60. The summed E-state index contributed by atoms with van der Waals surface area (Å²) < 4.78 is 11.0. The van der Waals surface area contributed by atoms with Crippen molar-refractivity contribution in [2.75, 3.05) is 0 Å². The molecule has 0 N–H and O–H groups in total. The van der Waals surface area contributed by atoms with Gasteiger partial charge in [0.25, 0.3) is 5.95 Å². The van der Waals surface area contributed by atoms with Crippen LogP contribution in [0.3, 0.4) is 0 Å². The number of hydrogen-bond acceptors (Lipinski definition) is 2. The van der Waals surface area contributed by atoms with Gasteiger partial charge in [0.2, 0.25) is 8.32 Å². The van der Waals surface area contributed by atoms with Crippen LogP contribution in [0, 0.1) is 0 Å². The average Bonchev–Trinajstić information content (AvgIpc) is 2.02. The Hall–Kier alpha value is -1.22. The molecule has 0 fully saturated rings. The lowest BCUT2D eigenvalue weighted by molar-refractivity contribution is 0.224. The topological polar surface area (TPSA) is 18.5 Å². The van der Waals surface area contributed by atoms with Crippen LogP contribution in [0.1, 0.15) is 0 Å². The van der Waals surface area contributed by atoms with Crippen molar-refractivity contribution in [1.29, 1.82) is 0 Å². The van der Waals surface area contributed by atoms with E-state index in [-0.39, 0.29) is 0 Å². The van der Waals surface area contributed by atoms with Gasteiger partial charge in [0.15, 0.2) is 0 Å². The minimum absolute atomic E-state index is 0.385. The Balaban J connectivity index is 2.50. The van der Waals surface area contributed by atoms with Gasteiger partial charge in [0.1, 0.15) is 5.75 Å². The van der Waals surface area contributed by atoms with Gasteiger partial charge in [-0.2, -0.15) is 0 Å². The summed E-state index contributed by atoms with van der Waals surface area (Å²) in [5, 5.41) is 0. The van der Waals surface area contributed by atoms with E-state index >= 15 is 0 Å². The number of para-hydroxylation sites is 1. The molecule has 0 bridgehead atoms. The van der Waals surface area contributed by atoms with Crippen molar-refractivity contribution in [3.05, 3.63) is 42.9 Å². The lowest BCUT2D eigenvalue weighted by Crippen LogP contribution is -2.26. The summed E-state index contributed by atoms with van der Waals surface area (Å²) >= 11 is 0. The zero-order chi connectivity index (χ0) is 10.6. The maximum Gasteiger partial charge on any atom is 0.263 e. The lowest BCUT2D eigenvalue weighted by Gasteiger charge is -2.20. The van der Waals surface area contributed by atoms with E-state index < -0.39 is 8.32 Å². The molecule has 0 aromatic heterocycles. The van der Waals surface area contributed by atoms with Crippen LogP contribution in [-0.2, 0) is 4.43 Å². The molecule has 0 amide bonds. The molecule has 14 heavy (non-hydrogen) atoms. The van der Waals surface area contributed by atoms with Crippen LogP contribution in [0.5, 0.6) is 5.75 Å². The highest BCUT2D eigenvalue weighted by Gasteiger charge is 2.17. The molecule has 1 rings (SSSR count). The van der Waals surface area contributed by atoms with E-state index in [2.05, 4.69) is 26.2 Å². The van der Waals surface area contributed by atoms with Crippen LogP contribution in [0.4, 0.5) is 0 Å². The lowest BCUT2D eigenvalue weighted by atomic mass is 10.3. The smallest absolute Gasteiger partial charge is 0.263 e. The Morgan fingerprint density at radius 2 is 1.71 bits per heavy atom. The summed E-state index contributed by atoms with van der Waals surface area (Å²) in [5.41, 5.74) is 0. The van der Waals surface area contributed by atoms with E-state index in [1.165, 1.54) is 0 Å². The molecule has 0 heterocycles. The second-order valence-corrected chi connectivity index (χ2v) is 8.43. The molecule has 0 aliphatic carbocycles. The second-order valence-electron chi connectivity index (χ2n) is 4.00. The molecule has 0 aliphatic heterocycles. The first kappa shape index (κ1) is 10.9. The van der Waals surface area contributed by atoms with Gasteiger partial charge < -0.3 is 9.16 Å². The number of rotatable bonds is 4. The van der Waals surface area contributed by atoms with E-state index in [0.29, 0.717) is 5.95 Å².